The minimum atomic E-state index is -3.94. The molecule has 4 rings (SSSR count). The molecular formula is C20H20BrN3O5S. The van der Waals surface area contributed by atoms with Crippen molar-refractivity contribution >= 4 is 49.1 Å². The van der Waals surface area contributed by atoms with Gasteiger partial charge in [0.2, 0.25) is 15.9 Å². The van der Waals surface area contributed by atoms with Crippen LogP contribution in [0.4, 0.5) is 11.4 Å². The molecule has 2 aliphatic heterocycles. The van der Waals surface area contributed by atoms with E-state index in [1.165, 1.54) is 22.5 Å². The van der Waals surface area contributed by atoms with E-state index >= 15 is 0 Å². The van der Waals surface area contributed by atoms with Crippen LogP contribution in [-0.2, 0) is 19.6 Å². The second kappa shape index (κ2) is 8.01. The summed E-state index contributed by atoms with van der Waals surface area (Å²) in [6.45, 7) is 2.07. The Morgan fingerprint density at radius 1 is 1.27 bits per heavy atom. The maximum atomic E-state index is 13.3. The number of amides is 2. The van der Waals surface area contributed by atoms with Gasteiger partial charge in [0.1, 0.15) is 11.8 Å². The molecule has 0 aliphatic carbocycles. The summed E-state index contributed by atoms with van der Waals surface area (Å²) in [6.07, 6.45) is 1.01. The minimum Gasteiger partial charge on any atom is -0.482 e. The summed E-state index contributed by atoms with van der Waals surface area (Å²) in [5.74, 6) is -0.317. The van der Waals surface area contributed by atoms with Crippen LogP contribution < -0.4 is 15.4 Å². The molecule has 0 saturated carbocycles. The van der Waals surface area contributed by atoms with Gasteiger partial charge in [-0.3, -0.25) is 9.59 Å². The topological polar surface area (TPSA) is 105 Å². The number of benzene rings is 2. The first-order valence-electron chi connectivity index (χ1n) is 9.41. The van der Waals surface area contributed by atoms with Crippen LogP contribution in [0.25, 0.3) is 0 Å². The molecule has 0 aromatic heterocycles. The van der Waals surface area contributed by atoms with Crippen molar-refractivity contribution in [2.45, 2.75) is 30.7 Å². The van der Waals surface area contributed by atoms with Gasteiger partial charge in [-0.25, -0.2) is 8.42 Å². The zero-order valence-electron chi connectivity index (χ0n) is 16.1. The molecule has 2 heterocycles. The number of halogens is 1. The van der Waals surface area contributed by atoms with Crippen molar-refractivity contribution in [1.29, 1.82) is 0 Å². The molecule has 8 nitrogen and oxygen atoms in total. The Bertz CT molecular complexity index is 1140. The summed E-state index contributed by atoms with van der Waals surface area (Å²) in [6, 6.07) is 9.01. The van der Waals surface area contributed by atoms with Gasteiger partial charge in [0.05, 0.1) is 16.3 Å². The Balaban J connectivity index is 1.58. The van der Waals surface area contributed by atoms with E-state index in [1.807, 2.05) is 19.1 Å². The summed E-state index contributed by atoms with van der Waals surface area (Å²) in [4.78, 5) is 24.5. The quantitative estimate of drug-likeness (QED) is 0.681. The molecule has 2 aliphatic rings. The van der Waals surface area contributed by atoms with Gasteiger partial charge in [-0.15, -0.1) is 0 Å². The number of anilines is 2. The maximum Gasteiger partial charge on any atom is 0.262 e. The van der Waals surface area contributed by atoms with Crippen LogP contribution in [0.15, 0.2) is 45.8 Å². The molecule has 1 saturated heterocycles. The SMILES string of the molecule is Cc1ccc(NC(=O)C2CCCN2S(=O)(=O)c2ccc3c(c2)NC(=O)CO3)c(Br)c1. The van der Waals surface area contributed by atoms with Crippen molar-refractivity contribution in [1.82, 2.24) is 4.31 Å². The zero-order chi connectivity index (χ0) is 21.5. The van der Waals surface area contributed by atoms with Crippen molar-refractivity contribution in [2.75, 3.05) is 23.8 Å². The molecule has 1 fully saturated rings. The Labute approximate surface area is 182 Å². The van der Waals surface area contributed by atoms with Crippen LogP contribution in [0, 0.1) is 6.92 Å². The number of fused-ring (bicyclic) bond motifs is 1. The summed E-state index contributed by atoms with van der Waals surface area (Å²) in [7, 11) is -3.94. The van der Waals surface area contributed by atoms with Gasteiger partial charge in [0.25, 0.3) is 5.91 Å². The largest absolute Gasteiger partial charge is 0.482 e. The average molecular weight is 494 g/mol. The molecule has 0 radical (unpaired) electrons. The number of rotatable bonds is 4. The fraction of sp³-hybridized carbons (Fsp3) is 0.300. The molecule has 10 heteroatoms. The van der Waals surface area contributed by atoms with E-state index in [9.17, 15) is 18.0 Å². The Kier molecular flexibility index (Phi) is 5.56. The molecule has 2 aromatic rings. The zero-order valence-corrected chi connectivity index (χ0v) is 18.5. The standard InChI is InChI=1S/C20H20BrN3O5S/c1-12-4-6-15(14(21)9-12)23-20(26)17-3-2-8-24(17)30(27,28)13-5-7-18-16(10-13)22-19(25)11-29-18/h4-7,9-10,17H,2-3,8,11H2,1H3,(H,22,25)(H,23,26). The molecular weight excluding hydrogens is 474 g/mol. The van der Waals surface area contributed by atoms with Gasteiger partial charge in [0.15, 0.2) is 6.61 Å². The minimum absolute atomic E-state index is 0.00302. The number of hydrogen-bond donors (Lipinski definition) is 2. The first kappa shape index (κ1) is 20.8. The van der Waals surface area contributed by atoms with E-state index in [4.69, 9.17) is 4.74 Å². The van der Waals surface area contributed by atoms with Crippen LogP contribution in [0.3, 0.4) is 0 Å². The van der Waals surface area contributed by atoms with Crippen LogP contribution in [0.5, 0.6) is 5.75 Å². The monoisotopic (exact) mass is 493 g/mol. The van der Waals surface area contributed by atoms with Gasteiger partial charge in [0, 0.05) is 11.0 Å². The van der Waals surface area contributed by atoms with Crippen molar-refractivity contribution in [3.63, 3.8) is 0 Å². The van der Waals surface area contributed by atoms with E-state index in [0.717, 1.165) is 10.0 Å². The number of nitrogens with zero attached hydrogens (tertiary/aromatic N) is 1. The van der Waals surface area contributed by atoms with Crippen molar-refractivity contribution in [3.05, 3.63) is 46.4 Å². The Morgan fingerprint density at radius 3 is 2.83 bits per heavy atom. The number of carbonyl (C=O) groups excluding carboxylic acids is 2. The lowest BCUT2D eigenvalue weighted by Crippen LogP contribution is -2.43. The van der Waals surface area contributed by atoms with E-state index in [2.05, 4.69) is 26.6 Å². The second-order valence-corrected chi connectivity index (χ2v) is 9.99. The highest BCUT2D eigenvalue weighted by Gasteiger charge is 2.40. The van der Waals surface area contributed by atoms with Crippen LogP contribution in [-0.4, -0.2) is 43.7 Å². The van der Waals surface area contributed by atoms with E-state index < -0.39 is 16.1 Å². The van der Waals surface area contributed by atoms with Gasteiger partial charge >= 0.3 is 0 Å². The molecule has 0 spiro atoms. The summed E-state index contributed by atoms with van der Waals surface area (Å²) in [5.41, 5.74) is 1.92. The first-order chi connectivity index (χ1) is 14.3. The summed E-state index contributed by atoms with van der Waals surface area (Å²) >= 11 is 3.42. The number of aryl methyl sites for hydroxylation is 1. The predicted molar refractivity (Wildman–Crippen MR) is 115 cm³/mol. The average Bonchev–Trinajstić information content (AvgIpc) is 3.20. The van der Waals surface area contributed by atoms with Gasteiger partial charge in [-0.1, -0.05) is 6.07 Å². The van der Waals surface area contributed by atoms with Crippen LogP contribution in [0.1, 0.15) is 18.4 Å². The van der Waals surface area contributed by atoms with E-state index in [-0.39, 0.29) is 29.9 Å². The lowest BCUT2D eigenvalue weighted by atomic mass is 10.2. The highest BCUT2D eigenvalue weighted by Crippen LogP contribution is 2.34. The van der Waals surface area contributed by atoms with Crippen LogP contribution in [0.2, 0.25) is 0 Å². The molecule has 2 amide bonds. The summed E-state index contributed by atoms with van der Waals surface area (Å²) < 4.78 is 33.8. The number of nitrogens with one attached hydrogen (secondary N) is 2. The lowest BCUT2D eigenvalue weighted by Gasteiger charge is -2.25. The molecule has 158 valence electrons. The van der Waals surface area contributed by atoms with Crippen LogP contribution >= 0.6 is 15.9 Å². The number of ether oxygens (including phenoxy) is 1. The molecule has 2 aromatic carbocycles. The van der Waals surface area contributed by atoms with Gasteiger partial charge < -0.3 is 15.4 Å². The number of sulfonamides is 1. The summed E-state index contributed by atoms with van der Waals surface area (Å²) in [5, 5.41) is 5.43. The van der Waals surface area contributed by atoms with Crippen molar-refractivity contribution in [3.8, 4) is 5.75 Å². The first-order valence-corrected chi connectivity index (χ1v) is 11.6. The molecule has 0 bridgehead atoms. The number of hydrogen-bond acceptors (Lipinski definition) is 5. The van der Waals surface area contributed by atoms with Gasteiger partial charge in [-0.2, -0.15) is 4.31 Å². The van der Waals surface area contributed by atoms with Crippen molar-refractivity contribution < 1.29 is 22.7 Å². The normalized spacial score (nSPS) is 19.0. The second-order valence-electron chi connectivity index (χ2n) is 7.24. The number of carbonyl (C=O) groups is 2. The smallest absolute Gasteiger partial charge is 0.262 e. The molecule has 2 N–H and O–H groups in total. The highest BCUT2D eigenvalue weighted by atomic mass is 79.9. The third kappa shape index (κ3) is 3.94. The maximum absolute atomic E-state index is 13.3. The molecule has 1 atom stereocenters. The predicted octanol–water partition coefficient (Wildman–Crippen LogP) is 2.88. The Hall–Kier alpha value is -2.43. The van der Waals surface area contributed by atoms with E-state index in [0.29, 0.717) is 30.0 Å². The fourth-order valence-electron chi connectivity index (χ4n) is 3.59. The van der Waals surface area contributed by atoms with E-state index in [1.54, 1.807) is 6.07 Å². The molecule has 30 heavy (non-hydrogen) atoms. The van der Waals surface area contributed by atoms with Gasteiger partial charge in [-0.05, 0) is 71.6 Å². The van der Waals surface area contributed by atoms with Crippen molar-refractivity contribution in [2.24, 2.45) is 0 Å². The Morgan fingerprint density at radius 2 is 2.07 bits per heavy atom. The fourth-order valence-corrected chi connectivity index (χ4v) is 5.86. The third-order valence-electron chi connectivity index (χ3n) is 5.08. The molecule has 1 unspecified atom stereocenters. The lowest BCUT2D eigenvalue weighted by molar-refractivity contribution is -0.119. The third-order valence-corrected chi connectivity index (χ3v) is 7.64. The highest BCUT2D eigenvalue weighted by molar-refractivity contribution is 9.10.